The Kier molecular flexibility index (Phi) is 6.72. The smallest absolute Gasteiger partial charge is 0.234 e. The average molecular weight is 389 g/mol. The minimum atomic E-state index is 0.155. The third kappa shape index (κ3) is 5.40. The number of aromatic nitrogens is 2. The number of hydrogen-bond acceptors (Lipinski definition) is 7. The van der Waals surface area contributed by atoms with E-state index < -0.39 is 0 Å². The van der Waals surface area contributed by atoms with Gasteiger partial charge in [0.15, 0.2) is 0 Å². The molecule has 3 aliphatic rings. The largest absolute Gasteiger partial charge is 0.377 e. The van der Waals surface area contributed by atoms with Crippen molar-refractivity contribution >= 4 is 11.9 Å². The Morgan fingerprint density at radius 3 is 2.46 bits per heavy atom. The van der Waals surface area contributed by atoms with Crippen molar-refractivity contribution in [2.24, 2.45) is 0 Å². The van der Waals surface area contributed by atoms with Crippen LogP contribution in [0.3, 0.4) is 0 Å². The zero-order valence-corrected chi connectivity index (χ0v) is 16.6. The summed E-state index contributed by atoms with van der Waals surface area (Å²) in [6.07, 6.45) is 8.44. The van der Waals surface area contributed by atoms with E-state index >= 15 is 0 Å². The lowest BCUT2D eigenvalue weighted by molar-refractivity contribution is -0.123. The molecule has 1 N–H and O–H groups in total. The number of anilines is 1. The average Bonchev–Trinajstić information content (AvgIpc) is 3.24. The number of piperazine rings is 1. The van der Waals surface area contributed by atoms with Crippen LogP contribution in [0, 0.1) is 0 Å². The van der Waals surface area contributed by atoms with Gasteiger partial charge in [-0.3, -0.25) is 9.69 Å². The van der Waals surface area contributed by atoms with Crippen LogP contribution in [0.15, 0.2) is 18.5 Å². The van der Waals surface area contributed by atoms with Crippen molar-refractivity contribution in [2.45, 2.75) is 37.8 Å². The lowest BCUT2D eigenvalue weighted by Gasteiger charge is -2.35. The van der Waals surface area contributed by atoms with Gasteiger partial charge < -0.3 is 19.9 Å². The summed E-state index contributed by atoms with van der Waals surface area (Å²) in [5.41, 5.74) is 0. The number of ether oxygens (including phenoxy) is 1. The summed E-state index contributed by atoms with van der Waals surface area (Å²) in [6.45, 7) is 8.02. The molecular weight excluding hydrogens is 356 g/mol. The van der Waals surface area contributed by atoms with Gasteiger partial charge in [0.05, 0.1) is 12.6 Å². The van der Waals surface area contributed by atoms with Crippen LogP contribution in [-0.2, 0) is 9.53 Å². The Hall–Kier alpha value is -1.77. The molecule has 8 heteroatoms. The van der Waals surface area contributed by atoms with E-state index in [9.17, 15) is 4.79 Å². The Morgan fingerprint density at radius 2 is 1.79 bits per heavy atom. The summed E-state index contributed by atoms with van der Waals surface area (Å²) in [6, 6.07) is 2.14. The summed E-state index contributed by atoms with van der Waals surface area (Å²) < 4.78 is 5.74. The number of likely N-dealkylation sites (tertiary alicyclic amines) is 1. The van der Waals surface area contributed by atoms with Crippen molar-refractivity contribution in [3.05, 3.63) is 18.5 Å². The van der Waals surface area contributed by atoms with E-state index in [4.69, 9.17) is 4.74 Å². The van der Waals surface area contributed by atoms with E-state index in [2.05, 4.69) is 30.0 Å². The molecule has 0 unspecified atom stereocenters. The maximum atomic E-state index is 12.5. The van der Waals surface area contributed by atoms with Crippen molar-refractivity contribution in [2.75, 3.05) is 63.9 Å². The van der Waals surface area contributed by atoms with Crippen LogP contribution in [0.1, 0.15) is 25.7 Å². The topological polar surface area (TPSA) is 73.8 Å². The third-order valence-corrected chi connectivity index (χ3v) is 6.01. The molecule has 0 radical (unpaired) electrons. The molecule has 0 spiro atoms. The highest BCUT2D eigenvalue weighted by atomic mass is 16.5. The molecule has 3 fully saturated rings. The molecule has 1 aromatic heterocycles. The van der Waals surface area contributed by atoms with Crippen LogP contribution in [0.25, 0.3) is 0 Å². The monoisotopic (exact) mass is 388 g/mol. The van der Waals surface area contributed by atoms with Crippen LogP contribution in [0.2, 0.25) is 0 Å². The Labute approximate surface area is 167 Å². The third-order valence-electron chi connectivity index (χ3n) is 6.01. The molecule has 0 aromatic carbocycles. The number of amides is 1. The quantitative estimate of drug-likeness (QED) is 0.754. The van der Waals surface area contributed by atoms with Gasteiger partial charge in [0, 0.05) is 70.9 Å². The lowest BCUT2D eigenvalue weighted by atomic mass is 10.0. The lowest BCUT2D eigenvalue weighted by Crippen LogP contribution is -2.52. The Bertz CT molecular complexity index is 608. The molecule has 8 nitrogen and oxygen atoms in total. The molecule has 1 atom stereocenters. The molecule has 4 rings (SSSR count). The summed E-state index contributed by atoms with van der Waals surface area (Å²) in [4.78, 5) is 28.0. The number of carbonyl (C=O) groups is 1. The van der Waals surface area contributed by atoms with Crippen LogP contribution >= 0.6 is 0 Å². The molecule has 28 heavy (non-hydrogen) atoms. The predicted octanol–water partition coefficient (Wildman–Crippen LogP) is 0.358. The minimum absolute atomic E-state index is 0.155. The molecule has 154 valence electrons. The molecule has 3 aliphatic heterocycles. The number of nitrogens with one attached hydrogen (secondary N) is 1. The first-order valence-corrected chi connectivity index (χ1v) is 10.6. The van der Waals surface area contributed by atoms with Crippen molar-refractivity contribution in [1.29, 1.82) is 0 Å². The van der Waals surface area contributed by atoms with Gasteiger partial charge in [-0.2, -0.15) is 0 Å². The van der Waals surface area contributed by atoms with E-state index in [0.717, 1.165) is 71.2 Å². The fraction of sp³-hybridized carbons (Fsp3) is 0.750. The number of piperidine rings is 1. The van der Waals surface area contributed by atoms with Crippen LogP contribution in [0.5, 0.6) is 0 Å². The fourth-order valence-electron chi connectivity index (χ4n) is 4.37. The van der Waals surface area contributed by atoms with Crippen LogP contribution in [0.4, 0.5) is 5.95 Å². The van der Waals surface area contributed by atoms with Gasteiger partial charge in [-0.1, -0.05) is 0 Å². The van der Waals surface area contributed by atoms with Gasteiger partial charge in [0.1, 0.15) is 0 Å². The highest BCUT2D eigenvalue weighted by Gasteiger charge is 2.26. The number of carbonyl (C=O) groups excluding carboxylic acids is 1. The summed E-state index contributed by atoms with van der Waals surface area (Å²) in [5.74, 6) is 0.934. The predicted molar refractivity (Wildman–Crippen MR) is 107 cm³/mol. The van der Waals surface area contributed by atoms with Crippen LogP contribution in [-0.4, -0.2) is 96.8 Å². The minimum Gasteiger partial charge on any atom is -0.377 e. The highest BCUT2D eigenvalue weighted by Crippen LogP contribution is 2.17. The second-order valence-corrected chi connectivity index (χ2v) is 8.09. The van der Waals surface area contributed by atoms with Crippen molar-refractivity contribution in [3.63, 3.8) is 0 Å². The summed E-state index contributed by atoms with van der Waals surface area (Å²) in [5, 5.41) is 3.25. The van der Waals surface area contributed by atoms with E-state index in [1.807, 2.05) is 6.07 Å². The first kappa shape index (κ1) is 19.5. The molecule has 0 saturated carbocycles. The van der Waals surface area contributed by atoms with Gasteiger partial charge >= 0.3 is 0 Å². The number of nitrogens with zero attached hydrogens (tertiary/aromatic N) is 5. The maximum Gasteiger partial charge on any atom is 0.234 e. The zero-order valence-electron chi connectivity index (χ0n) is 16.6. The zero-order chi connectivity index (χ0) is 19.2. The highest BCUT2D eigenvalue weighted by molar-refractivity contribution is 5.78. The molecule has 1 amide bonds. The van der Waals surface area contributed by atoms with Gasteiger partial charge in [0.2, 0.25) is 11.9 Å². The van der Waals surface area contributed by atoms with Gasteiger partial charge in [-0.15, -0.1) is 0 Å². The van der Waals surface area contributed by atoms with E-state index in [0.29, 0.717) is 18.7 Å². The van der Waals surface area contributed by atoms with Gasteiger partial charge in [-0.25, -0.2) is 9.97 Å². The number of hydrogen-bond donors (Lipinski definition) is 1. The maximum absolute atomic E-state index is 12.5. The SMILES string of the molecule is O=C(CN1CCN(c2ncccn2)CC1)NC1CCN(C[C@H]2CCCO2)CC1. The van der Waals surface area contributed by atoms with Crippen LogP contribution < -0.4 is 10.2 Å². The van der Waals surface area contributed by atoms with Gasteiger partial charge in [0.25, 0.3) is 0 Å². The summed E-state index contributed by atoms with van der Waals surface area (Å²) in [7, 11) is 0. The first-order chi connectivity index (χ1) is 13.8. The van der Waals surface area contributed by atoms with Gasteiger partial charge in [-0.05, 0) is 31.7 Å². The molecule has 0 bridgehead atoms. The molecule has 1 aromatic rings. The fourth-order valence-corrected chi connectivity index (χ4v) is 4.37. The molecule has 0 aliphatic carbocycles. The molecule has 3 saturated heterocycles. The molecule has 4 heterocycles. The Morgan fingerprint density at radius 1 is 1.04 bits per heavy atom. The van der Waals surface area contributed by atoms with E-state index in [-0.39, 0.29) is 5.91 Å². The van der Waals surface area contributed by atoms with Crippen molar-refractivity contribution in [3.8, 4) is 0 Å². The molecular formula is C20H32N6O2. The second kappa shape index (κ2) is 9.62. The second-order valence-electron chi connectivity index (χ2n) is 8.09. The normalized spacial score (nSPS) is 25.1. The standard InChI is InChI=1S/C20H32N6O2/c27-19(16-25-10-12-26(13-11-25)20-21-6-2-7-22-20)23-17-4-8-24(9-5-17)15-18-3-1-14-28-18/h2,6-7,17-18H,1,3-5,8-16H2,(H,23,27)/t18-/m1/s1. The van der Waals surface area contributed by atoms with E-state index in [1.54, 1.807) is 12.4 Å². The summed E-state index contributed by atoms with van der Waals surface area (Å²) >= 11 is 0. The van der Waals surface area contributed by atoms with Crippen molar-refractivity contribution in [1.82, 2.24) is 25.1 Å². The van der Waals surface area contributed by atoms with E-state index in [1.165, 1.54) is 12.8 Å². The van der Waals surface area contributed by atoms with Crippen molar-refractivity contribution < 1.29 is 9.53 Å². The first-order valence-electron chi connectivity index (χ1n) is 10.6. The number of rotatable bonds is 6. The Balaban J connectivity index is 1.13.